The Labute approximate surface area is 82.9 Å². The highest BCUT2D eigenvalue weighted by atomic mass is 16.4. The van der Waals surface area contributed by atoms with E-state index in [0.29, 0.717) is 0 Å². The van der Waals surface area contributed by atoms with Crippen LogP contribution >= 0.6 is 0 Å². The molecule has 3 nitrogen and oxygen atoms in total. The average molecular weight is 191 g/mol. The van der Waals surface area contributed by atoms with Gasteiger partial charge in [-0.3, -0.25) is 0 Å². The molecule has 0 heterocycles. The Morgan fingerprint density at radius 2 is 2.00 bits per heavy atom. The fourth-order valence-corrected chi connectivity index (χ4v) is 1.10. The lowest BCUT2D eigenvalue weighted by Crippen LogP contribution is -2.09. The minimum atomic E-state index is -1.09. The number of carboxylic acid groups (broad SMARTS) is 1. The normalized spacial score (nSPS) is 11.4. The summed E-state index contributed by atoms with van der Waals surface area (Å²) in [4.78, 5) is 10.5. The molecule has 0 atom stereocenters. The third-order valence-electron chi connectivity index (χ3n) is 2.10. The van der Waals surface area contributed by atoms with E-state index in [9.17, 15) is 4.79 Å². The van der Waals surface area contributed by atoms with Gasteiger partial charge < -0.3 is 10.8 Å². The van der Waals surface area contributed by atoms with E-state index in [1.807, 2.05) is 32.0 Å². The van der Waals surface area contributed by atoms with Crippen molar-refractivity contribution < 1.29 is 9.90 Å². The number of aryl methyl sites for hydroxylation is 2. The summed E-state index contributed by atoms with van der Waals surface area (Å²) in [6, 6.07) is 5.69. The van der Waals surface area contributed by atoms with Crippen LogP contribution < -0.4 is 5.73 Å². The fourth-order valence-electron chi connectivity index (χ4n) is 1.10. The molecule has 14 heavy (non-hydrogen) atoms. The van der Waals surface area contributed by atoms with Crippen molar-refractivity contribution >= 4 is 12.0 Å². The van der Waals surface area contributed by atoms with E-state index in [1.165, 1.54) is 11.6 Å². The molecule has 3 heteroatoms. The summed E-state index contributed by atoms with van der Waals surface area (Å²) < 4.78 is 0. The maximum atomic E-state index is 10.5. The topological polar surface area (TPSA) is 63.3 Å². The molecule has 0 unspecified atom stereocenters. The standard InChI is InChI=1S/C11H13NO2/c1-7-3-4-9(5-8(7)2)6-10(12)11(13)14/h3-6H,12H2,1-2H3,(H,13,14)/b10-6+. The molecule has 0 fully saturated rings. The highest BCUT2D eigenvalue weighted by molar-refractivity contribution is 5.90. The molecule has 0 saturated heterocycles. The molecule has 0 spiro atoms. The zero-order valence-corrected chi connectivity index (χ0v) is 8.24. The van der Waals surface area contributed by atoms with Crippen molar-refractivity contribution in [2.24, 2.45) is 5.73 Å². The Bertz CT molecular complexity index is 394. The van der Waals surface area contributed by atoms with Crippen molar-refractivity contribution in [3.05, 3.63) is 40.6 Å². The van der Waals surface area contributed by atoms with Gasteiger partial charge in [0.05, 0.1) is 0 Å². The minimum Gasteiger partial charge on any atom is -0.477 e. The van der Waals surface area contributed by atoms with Gasteiger partial charge in [0.25, 0.3) is 0 Å². The monoisotopic (exact) mass is 191 g/mol. The molecule has 0 aromatic heterocycles. The summed E-state index contributed by atoms with van der Waals surface area (Å²) in [6.45, 7) is 3.98. The molecular weight excluding hydrogens is 178 g/mol. The highest BCUT2D eigenvalue weighted by Crippen LogP contribution is 2.11. The van der Waals surface area contributed by atoms with Gasteiger partial charge in [0.1, 0.15) is 5.70 Å². The number of hydrogen-bond donors (Lipinski definition) is 2. The third kappa shape index (κ3) is 2.36. The van der Waals surface area contributed by atoms with Gasteiger partial charge in [-0.25, -0.2) is 4.79 Å². The third-order valence-corrected chi connectivity index (χ3v) is 2.10. The van der Waals surface area contributed by atoms with Crippen LogP contribution in [0.2, 0.25) is 0 Å². The van der Waals surface area contributed by atoms with E-state index in [1.54, 1.807) is 0 Å². The van der Waals surface area contributed by atoms with E-state index in [2.05, 4.69) is 0 Å². The first-order valence-electron chi connectivity index (χ1n) is 4.28. The van der Waals surface area contributed by atoms with Gasteiger partial charge in [-0.15, -0.1) is 0 Å². The SMILES string of the molecule is Cc1ccc(/C=C(/N)C(=O)O)cc1C. The predicted molar refractivity (Wildman–Crippen MR) is 55.7 cm³/mol. The lowest BCUT2D eigenvalue weighted by Gasteiger charge is -2.01. The first-order chi connectivity index (χ1) is 6.50. The van der Waals surface area contributed by atoms with Crippen LogP contribution in [0, 0.1) is 13.8 Å². The molecule has 0 bridgehead atoms. The Morgan fingerprint density at radius 3 is 2.50 bits per heavy atom. The zero-order valence-electron chi connectivity index (χ0n) is 8.24. The first-order valence-corrected chi connectivity index (χ1v) is 4.28. The van der Waals surface area contributed by atoms with Crippen molar-refractivity contribution in [3.8, 4) is 0 Å². The number of benzene rings is 1. The van der Waals surface area contributed by atoms with Crippen molar-refractivity contribution in [2.45, 2.75) is 13.8 Å². The summed E-state index contributed by atoms with van der Waals surface area (Å²) in [6.07, 6.45) is 1.45. The minimum absolute atomic E-state index is 0.145. The number of hydrogen-bond acceptors (Lipinski definition) is 2. The second-order valence-electron chi connectivity index (χ2n) is 3.25. The van der Waals surface area contributed by atoms with Crippen LogP contribution in [-0.4, -0.2) is 11.1 Å². The summed E-state index contributed by atoms with van der Waals surface area (Å²) >= 11 is 0. The molecule has 74 valence electrons. The van der Waals surface area contributed by atoms with Gasteiger partial charge in [-0.1, -0.05) is 18.2 Å². The van der Waals surface area contributed by atoms with E-state index in [0.717, 1.165) is 11.1 Å². The van der Waals surface area contributed by atoms with E-state index in [-0.39, 0.29) is 5.70 Å². The fraction of sp³-hybridized carbons (Fsp3) is 0.182. The van der Waals surface area contributed by atoms with Gasteiger partial charge in [-0.2, -0.15) is 0 Å². The van der Waals surface area contributed by atoms with Crippen LogP contribution in [0.1, 0.15) is 16.7 Å². The molecule has 1 aromatic rings. The lowest BCUT2D eigenvalue weighted by atomic mass is 10.1. The van der Waals surface area contributed by atoms with Gasteiger partial charge in [0, 0.05) is 0 Å². The van der Waals surface area contributed by atoms with Crippen LogP contribution in [0.3, 0.4) is 0 Å². The molecule has 0 radical (unpaired) electrons. The lowest BCUT2D eigenvalue weighted by molar-refractivity contribution is -0.132. The van der Waals surface area contributed by atoms with Crippen LogP contribution in [0.15, 0.2) is 23.9 Å². The first kappa shape index (κ1) is 10.3. The van der Waals surface area contributed by atoms with E-state index in [4.69, 9.17) is 10.8 Å². The highest BCUT2D eigenvalue weighted by Gasteiger charge is 2.01. The van der Waals surface area contributed by atoms with Crippen molar-refractivity contribution in [3.63, 3.8) is 0 Å². The molecule has 3 N–H and O–H groups in total. The number of carboxylic acids is 1. The van der Waals surface area contributed by atoms with E-state index < -0.39 is 5.97 Å². The smallest absolute Gasteiger partial charge is 0.351 e. The maximum Gasteiger partial charge on any atom is 0.351 e. The zero-order chi connectivity index (χ0) is 10.7. The van der Waals surface area contributed by atoms with Crippen LogP contribution in [0.5, 0.6) is 0 Å². The Balaban J connectivity index is 3.04. The van der Waals surface area contributed by atoms with Gasteiger partial charge in [0.15, 0.2) is 0 Å². The summed E-state index contributed by atoms with van der Waals surface area (Å²) in [5.41, 5.74) is 8.27. The quantitative estimate of drug-likeness (QED) is 0.699. The van der Waals surface area contributed by atoms with Gasteiger partial charge in [0.2, 0.25) is 0 Å². The molecular formula is C11H13NO2. The number of carbonyl (C=O) groups is 1. The maximum absolute atomic E-state index is 10.5. The number of aliphatic carboxylic acids is 1. The molecule has 0 aliphatic carbocycles. The van der Waals surface area contributed by atoms with Crippen molar-refractivity contribution in [1.82, 2.24) is 0 Å². The van der Waals surface area contributed by atoms with Crippen LogP contribution in [-0.2, 0) is 4.79 Å². The molecule has 0 aliphatic rings. The summed E-state index contributed by atoms with van der Waals surface area (Å²) in [7, 11) is 0. The van der Waals surface area contributed by atoms with Crippen molar-refractivity contribution in [1.29, 1.82) is 0 Å². The largest absolute Gasteiger partial charge is 0.477 e. The average Bonchev–Trinajstić information content (AvgIpc) is 2.11. The second-order valence-corrected chi connectivity index (χ2v) is 3.25. The molecule has 0 amide bonds. The molecule has 0 saturated carbocycles. The second kappa shape index (κ2) is 3.96. The van der Waals surface area contributed by atoms with E-state index >= 15 is 0 Å². The van der Waals surface area contributed by atoms with Gasteiger partial charge in [-0.05, 0) is 36.6 Å². The Hall–Kier alpha value is -1.77. The molecule has 1 aromatic carbocycles. The number of rotatable bonds is 2. The van der Waals surface area contributed by atoms with Crippen LogP contribution in [0.25, 0.3) is 6.08 Å². The molecule has 0 aliphatic heterocycles. The van der Waals surface area contributed by atoms with Gasteiger partial charge >= 0.3 is 5.97 Å². The molecule has 1 rings (SSSR count). The Morgan fingerprint density at radius 1 is 1.36 bits per heavy atom. The Kier molecular flexibility index (Phi) is 2.92. The van der Waals surface area contributed by atoms with Crippen LogP contribution in [0.4, 0.5) is 0 Å². The van der Waals surface area contributed by atoms with Crippen molar-refractivity contribution in [2.75, 3.05) is 0 Å². The summed E-state index contributed by atoms with van der Waals surface area (Å²) in [5, 5.41) is 8.57. The summed E-state index contributed by atoms with van der Waals surface area (Å²) in [5.74, 6) is -1.09. The predicted octanol–water partition coefficient (Wildman–Crippen LogP) is 1.69. The number of nitrogens with two attached hydrogens (primary N) is 1.